The zero-order chi connectivity index (χ0) is 19.3. The molecule has 1 amide bonds. The van der Waals surface area contributed by atoms with E-state index in [2.05, 4.69) is 10.2 Å². The number of hydrogen-bond acceptors (Lipinski definition) is 4. The van der Waals surface area contributed by atoms with Crippen LogP contribution in [0.5, 0.6) is 0 Å². The summed E-state index contributed by atoms with van der Waals surface area (Å²) in [6, 6.07) is 7.35. The van der Waals surface area contributed by atoms with Crippen molar-refractivity contribution in [2.75, 3.05) is 25.4 Å². The standard InChI is InChI=1S/C21H32N2O3S/c1-17-6-5-7-20(14-17)27(25,26)16-18-8-10-19(11-9-18)22-21(24)15-23-12-3-2-4-13-23/h5-7,14,18-19H,2-4,8-13,15-16H2,1H3,(H,22,24). The zero-order valence-corrected chi connectivity index (χ0v) is 17.1. The minimum Gasteiger partial charge on any atom is -0.352 e. The van der Waals surface area contributed by atoms with E-state index >= 15 is 0 Å². The summed E-state index contributed by atoms with van der Waals surface area (Å²) in [5, 5.41) is 3.16. The minimum absolute atomic E-state index is 0.118. The number of carbonyl (C=O) groups is 1. The monoisotopic (exact) mass is 392 g/mol. The Kier molecular flexibility index (Phi) is 6.93. The molecule has 0 atom stereocenters. The van der Waals surface area contributed by atoms with Crippen LogP contribution in [0, 0.1) is 12.8 Å². The molecule has 1 aliphatic heterocycles. The van der Waals surface area contributed by atoms with Crippen LogP contribution in [-0.4, -0.2) is 50.7 Å². The Bertz CT molecular complexity index is 734. The fourth-order valence-electron chi connectivity index (χ4n) is 4.28. The summed E-state index contributed by atoms with van der Waals surface area (Å²) in [7, 11) is -3.24. The lowest BCUT2D eigenvalue weighted by Gasteiger charge is -2.30. The van der Waals surface area contributed by atoms with E-state index in [0.29, 0.717) is 11.4 Å². The summed E-state index contributed by atoms with van der Waals surface area (Å²) in [6.45, 7) is 4.46. The third-order valence-corrected chi connectivity index (χ3v) is 7.71. The summed E-state index contributed by atoms with van der Waals surface area (Å²) in [5.74, 6) is 0.517. The average Bonchev–Trinajstić information content (AvgIpc) is 2.64. The van der Waals surface area contributed by atoms with Crippen LogP contribution in [0.1, 0.15) is 50.5 Å². The van der Waals surface area contributed by atoms with Gasteiger partial charge in [-0.1, -0.05) is 18.6 Å². The number of piperidine rings is 1. The van der Waals surface area contributed by atoms with E-state index in [1.165, 1.54) is 19.3 Å². The maximum absolute atomic E-state index is 12.7. The molecule has 3 rings (SSSR count). The van der Waals surface area contributed by atoms with Gasteiger partial charge in [0.1, 0.15) is 0 Å². The maximum atomic E-state index is 12.7. The Hall–Kier alpha value is -1.40. The largest absolute Gasteiger partial charge is 0.352 e. The highest BCUT2D eigenvalue weighted by molar-refractivity contribution is 7.91. The van der Waals surface area contributed by atoms with E-state index < -0.39 is 9.84 Å². The smallest absolute Gasteiger partial charge is 0.234 e. The second-order valence-corrected chi connectivity index (χ2v) is 10.3. The van der Waals surface area contributed by atoms with Crippen molar-refractivity contribution in [1.29, 1.82) is 0 Å². The van der Waals surface area contributed by atoms with Crippen LogP contribution in [-0.2, 0) is 14.6 Å². The van der Waals surface area contributed by atoms with Crippen LogP contribution < -0.4 is 5.32 Å². The molecule has 5 nitrogen and oxygen atoms in total. The zero-order valence-electron chi connectivity index (χ0n) is 16.3. The van der Waals surface area contributed by atoms with Gasteiger partial charge in [0.2, 0.25) is 5.91 Å². The Morgan fingerprint density at radius 3 is 2.48 bits per heavy atom. The Morgan fingerprint density at radius 2 is 1.81 bits per heavy atom. The molecule has 6 heteroatoms. The van der Waals surface area contributed by atoms with Gasteiger partial charge in [0.05, 0.1) is 17.2 Å². The number of nitrogens with zero attached hydrogens (tertiary/aromatic N) is 1. The summed E-state index contributed by atoms with van der Waals surface area (Å²) < 4.78 is 25.3. The molecular formula is C21H32N2O3S. The van der Waals surface area contributed by atoms with Gasteiger partial charge >= 0.3 is 0 Å². The van der Waals surface area contributed by atoms with Gasteiger partial charge in [-0.05, 0) is 82.2 Å². The number of nitrogens with one attached hydrogen (secondary N) is 1. The van der Waals surface area contributed by atoms with Crippen LogP contribution in [0.15, 0.2) is 29.2 Å². The highest BCUT2D eigenvalue weighted by Gasteiger charge is 2.27. The van der Waals surface area contributed by atoms with Gasteiger partial charge in [-0.2, -0.15) is 0 Å². The van der Waals surface area contributed by atoms with Crippen LogP contribution in [0.3, 0.4) is 0 Å². The molecule has 1 N–H and O–H groups in total. The van der Waals surface area contributed by atoms with Gasteiger partial charge in [0, 0.05) is 6.04 Å². The first-order valence-corrected chi connectivity index (χ1v) is 11.9. The van der Waals surface area contributed by atoms with E-state index in [0.717, 1.165) is 44.3 Å². The molecule has 0 aromatic heterocycles. The van der Waals surface area contributed by atoms with Gasteiger partial charge in [0.25, 0.3) is 0 Å². The second-order valence-electron chi connectivity index (χ2n) is 8.22. The van der Waals surface area contributed by atoms with Gasteiger partial charge in [-0.15, -0.1) is 0 Å². The number of sulfone groups is 1. The number of benzene rings is 1. The number of aryl methyl sites for hydroxylation is 1. The van der Waals surface area contributed by atoms with Crippen molar-refractivity contribution in [3.63, 3.8) is 0 Å². The number of carbonyl (C=O) groups excluding carboxylic acids is 1. The molecule has 150 valence electrons. The molecular weight excluding hydrogens is 360 g/mol. The molecule has 0 bridgehead atoms. The molecule has 27 heavy (non-hydrogen) atoms. The van der Waals surface area contributed by atoms with E-state index in [-0.39, 0.29) is 23.6 Å². The highest BCUT2D eigenvalue weighted by atomic mass is 32.2. The first-order chi connectivity index (χ1) is 12.9. The molecule has 2 fully saturated rings. The average molecular weight is 393 g/mol. The first kappa shape index (κ1) is 20.3. The molecule has 1 aromatic rings. The minimum atomic E-state index is -3.24. The number of likely N-dealkylation sites (tertiary alicyclic amines) is 1. The molecule has 2 aliphatic rings. The third-order valence-electron chi connectivity index (χ3n) is 5.83. The lowest BCUT2D eigenvalue weighted by molar-refractivity contribution is -0.123. The van der Waals surface area contributed by atoms with Gasteiger partial charge in [-0.25, -0.2) is 8.42 Å². The summed E-state index contributed by atoms with van der Waals surface area (Å²) in [5.41, 5.74) is 0.969. The van der Waals surface area contributed by atoms with E-state index in [1.807, 2.05) is 13.0 Å². The molecule has 1 aliphatic carbocycles. The topological polar surface area (TPSA) is 66.5 Å². The summed E-state index contributed by atoms with van der Waals surface area (Å²) >= 11 is 0. The normalized spacial score (nSPS) is 24.5. The van der Waals surface area contributed by atoms with Crippen LogP contribution in [0.2, 0.25) is 0 Å². The summed E-state index contributed by atoms with van der Waals surface area (Å²) in [6.07, 6.45) is 7.12. The van der Waals surface area contributed by atoms with Gasteiger partial charge in [0.15, 0.2) is 9.84 Å². The molecule has 1 heterocycles. The van der Waals surface area contributed by atoms with Crippen molar-refractivity contribution in [2.45, 2.75) is 62.8 Å². The van der Waals surface area contributed by atoms with Gasteiger partial charge in [-0.3, -0.25) is 9.69 Å². The Labute approximate surface area is 163 Å². The highest BCUT2D eigenvalue weighted by Crippen LogP contribution is 2.28. The maximum Gasteiger partial charge on any atom is 0.234 e. The van der Waals surface area contributed by atoms with Crippen molar-refractivity contribution < 1.29 is 13.2 Å². The lowest BCUT2D eigenvalue weighted by atomic mass is 9.87. The lowest BCUT2D eigenvalue weighted by Crippen LogP contribution is -2.45. The van der Waals surface area contributed by atoms with Crippen molar-refractivity contribution in [3.05, 3.63) is 29.8 Å². The van der Waals surface area contributed by atoms with Gasteiger partial charge < -0.3 is 5.32 Å². The molecule has 0 spiro atoms. The fraction of sp³-hybridized carbons (Fsp3) is 0.667. The summed E-state index contributed by atoms with van der Waals surface area (Å²) in [4.78, 5) is 14.9. The Morgan fingerprint density at radius 1 is 1.11 bits per heavy atom. The van der Waals surface area contributed by atoms with Crippen molar-refractivity contribution in [2.24, 2.45) is 5.92 Å². The van der Waals surface area contributed by atoms with E-state index in [9.17, 15) is 13.2 Å². The molecule has 0 radical (unpaired) electrons. The number of rotatable bonds is 6. The molecule has 1 aromatic carbocycles. The van der Waals surface area contributed by atoms with Crippen molar-refractivity contribution in [1.82, 2.24) is 10.2 Å². The quantitative estimate of drug-likeness (QED) is 0.808. The molecule has 1 saturated carbocycles. The predicted molar refractivity (Wildman–Crippen MR) is 107 cm³/mol. The predicted octanol–water partition coefficient (Wildman–Crippen LogP) is 2.93. The second kappa shape index (κ2) is 9.20. The van der Waals surface area contributed by atoms with Crippen molar-refractivity contribution in [3.8, 4) is 0 Å². The molecule has 0 unspecified atom stereocenters. The van der Waals surface area contributed by atoms with Crippen LogP contribution in [0.4, 0.5) is 0 Å². The van der Waals surface area contributed by atoms with Crippen molar-refractivity contribution >= 4 is 15.7 Å². The number of amides is 1. The first-order valence-electron chi connectivity index (χ1n) is 10.2. The fourth-order valence-corrected chi connectivity index (χ4v) is 6.08. The SMILES string of the molecule is Cc1cccc(S(=O)(=O)CC2CCC(NC(=O)CN3CCCCC3)CC2)c1. The number of hydrogen-bond donors (Lipinski definition) is 1. The van der Waals surface area contributed by atoms with Crippen LogP contribution in [0.25, 0.3) is 0 Å². The third kappa shape index (κ3) is 6.04. The van der Waals surface area contributed by atoms with Crippen LogP contribution >= 0.6 is 0 Å². The van der Waals surface area contributed by atoms with E-state index in [4.69, 9.17) is 0 Å². The molecule has 1 saturated heterocycles. The Balaban J connectivity index is 1.44. The van der Waals surface area contributed by atoms with E-state index in [1.54, 1.807) is 18.2 Å².